The molecular weight excluding hydrogens is 427 g/mol. The van der Waals surface area contributed by atoms with Crippen molar-refractivity contribution in [3.05, 3.63) is 76.9 Å². The quantitative estimate of drug-likeness (QED) is 0.414. The van der Waals surface area contributed by atoms with Crippen LogP contribution in [0.3, 0.4) is 0 Å². The van der Waals surface area contributed by atoms with E-state index in [4.69, 9.17) is 0 Å². The van der Waals surface area contributed by atoms with E-state index in [0.29, 0.717) is 11.5 Å². The van der Waals surface area contributed by atoms with E-state index in [1.807, 2.05) is 24.3 Å². The van der Waals surface area contributed by atoms with Crippen LogP contribution in [0.5, 0.6) is 11.5 Å². The number of aromatic hydroxyl groups is 2. The van der Waals surface area contributed by atoms with Crippen molar-refractivity contribution in [2.75, 3.05) is 0 Å². The highest BCUT2D eigenvalue weighted by Crippen LogP contribution is 2.41. The van der Waals surface area contributed by atoms with Crippen molar-refractivity contribution in [1.82, 2.24) is 0 Å². The van der Waals surface area contributed by atoms with Crippen LogP contribution in [0.15, 0.2) is 54.6 Å². The second kappa shape index (κ2) is 9.04. The van der Waals surface area contributed by atoms with E-state index in [2.05, 4.69) is 85.7 Å². The Balaban J connectivity index is 2.26. The highest BCUT2D eigenvalue weighted by atomic mass is 31.4. The standard InChI is InChI=1S/C28H37O2PSi/c1-18-10-9-11-26(19(18)2)32-31(24-16-20(27(3,4)5)12-14-22(24)29)25-17-21(28(6,7)8)13-15-23(25)30/h9-17,29-30H,32H2,1-8H3. The third-order valence-electron chi connectivity index (χ3n) is 6.31. The van der Waals surface area contributed by atoms with Crippen molar-refractivity contribution in [3.8, 4) is 11.5 Å². The van der Waals surface area contributed by atoms with Crippen LogP contribution in [-0.4, -0.2) is 19.4 Å². The van der Waals surface area contributed by atoms with Crippen molar-refractivity contribution in [1.29, 1.82) is 0 Å². The number of benzene rings is 3. The third-order valence-corrected chi connectivity index (χ3v) is 13.6. The van der Waals surface area contributed by atoms with E-state index in [9.17, 15) is 10.2 Å². The van der Waals surface area contributed by atoms with Gasteiger partial charge in [0.1, 0.15) is 11.5 Å². The molecule has 4 heteroatoms. The molecule has 32 heavy (non-hydrogen) atoms. The fourth-order valence-corrected chi connectivity index (χ4v) is 11.4. The molecule has 2 N–H and O–H groups in total. The summed E-state index contributed by atoms with van der Waals surface area (Å²) in [5, 5.41) is 25.4. The highest BCUT2D eigenvalue weighted by molar-refractivity contribution is 7.99. The van der Waals surface area contributed by atoms with E-state index < -0.39 is 16.7 Å². The molecule has 170 valence electrons. The lowest BCUT2D eigenvalue weighted by Crippen LogP contribution is -2.28. The van der Waals surface area contributed by atoms with Crippen molar-refractivity contribution in [2.45, 2.75) is 66.2 Å². The van der Waals surface area contributed by atoms with Gasteiger partial charge in [0, 0.05) is 10.6 Å². The fraction of sp³-hybridized carbons (Fsp3) is 0.357. The maximum Gasteiger partial charge on any atom is 0.123 e. The molecule has 3 aromatic rings. The van der Waals surface area contributed by atoms with Crippen LogP contribution in [0.2, 0.25) is 0 Å². The lowest BCUT2D eigenvalue weighted by atomic mass is 9.87. The molecule has 0 amide bonds. The molecule has 0 radical (unpaired) electrons. The molecule has 2 nitrogen and oxygen atoms in total. The van der Waals surface area contributed by atoms with Crippen LogP contribution in [0.4, 0.5) is 0 Å². The van der Waals surface area contributed by atoms with E-state index >= 15 is 0 Å². The number of rotatable bonds is 4. The summed E-state index contributed by atoms with van der Waals surface area (Å²) >= 11 is 0. The van der Waals surface area contributed by atoms with Gasteiger partial charge in [-0.25, -0.2) is 0 Å². The molecule has 0 aliphatic rings. The molecule has 0 saturated heterocycles. The van der Waals surface area contributed by atoms with E-state index in [0.717, 1.165) is 10.6 Å². The Morgan fingerprint density at radius 3 is 1.59 bits per heavy atom. The molecule has 3 aromatic carbocycles. The molecule has 0 bridgehead atoms. The monoisotopic (exact) mass is 464 g/mol. The lowest BCUT2D eigenvalue weighted by Gasteiger charge is -2.27. The summed E-state index contributed by atoms with van der Waals surface area (Å²) in [5.41, 5.74) is 5.02. The minimum atomic E-state index is -0.885. The summed E-state index contributed by atoms with van der Waals surface area (Å²) in [6.45, 7) is 17.6. The first-order chi connectivity index (χ1) is 14.8. The first-order valence-corrected chi connectivity index (χ1v) is 15.4. The smallest absolute Gasteiger partial charge is 0.123 e. The van der Waals surface area contributed by atoms with Gasteiger partial charge < -0.3 is 10.2 Å². The third kappa shape index (κ3) is 5.27. The van der Waals surface area contributed by atoms with Crippen LogP contribution in [0, 0.1) is 13.8 Å². The van der Waals surface area contributed by atoms with Crippen LogP contribution in [0.25, 0.3) is 0 Å². The molecule has 0 unspecified atom stereocenters. The predicted octanol–water partition coefficient (Wildman–Crippen LogP) is 5.15. The second-order valence-electron chi connectivity index (χ2n) is 10.9. The Bertz CT molecular complexity index is 1060. The van der Waals surface area contributed by atoms with Crippen molar-refractivity contribution >= 4 is 32.5 Å². The van der Waals surface area contributed by atoms with Crippen LogP contribution in [0.1, 0.15) is 63.8 Å². The first-order valence-electron chi connectivity index (χ1n) is 11.3. The summed E-state index contributed by atoms with van der Waals surface area (Å²) in [5.74, 6) is 0.671. The molecule has 0 fully saturated rings. The molecule has 0 heterocycles. The zero-order valence-electron chi connectivity index (χ0n) is 20.7. The fourth-order valence-electron chi connectivity index (χ4n) is 3.87. The minimum Gasteiger partial charge on any atom is -0.507 e. The normalized spacial score (nSPS) is 12.8. The number of aryl methyl sites for hydroxylation is 1. The Morgan fingerprint density at radius 2 is 1.16 bits per heavy atom. The zero-order chi connectivity index (χ0) is 23.8. The van der Waals surface area contributed by atoms with Crippen molar-refractivity contribution in [2.24, 2.45) is 0 Å². The molecule has 0 spiro atoms. The Morgan fingerprint density at radius 1 is 0.688 bits per heavy atom. The summed E-state index contributed by atoms with van der Waals surface area (Å²) < 4.78 is 0. The minimum absolute atomic E-state index is 0.0143. The number of phenolic OH excluding ortho intramolecular Hbond substituents is 2. The molecule has 0 saturated carbocycles. The van der Waals surface area contributed by atoms with E-state index in [1.165, 1.54) is 27.4 Å². The summed E-state index contributed by atoms with van der Waals surface area (Å²) in [4.78, 5) is 0. The summed E-state index contributed by atoms with van der Waals surface area (Å²) in [6.07, 6.45) is 0. The lowest BCUT2D eigenvalue weighted by molar-refractivity contribution is 0.478. The first kappa shape index (κ1) is 24.5. The maximum absolute atomic E-state index is 11.0. The Hall–Kier alpha value is -2.09. The highest BCUT2D eigenvalue weighted by Gasteiger charge is 2.26. The molecule has 0 atom stereocenters. The zero-order valence-corrected chi connectivity index (χ0v) is 23.1. The topological polar surface area (TPSA) is 40.5 Å². The molecule has 0 aliphatic carbocycles. The predicted molar refractivity (Wildman–Crippen MR) is 144 cm³/mol. The number of hydrogen-bond donors (Lipinski definition) is 2. The van der Waals surface area contributed by atoms with Gasteiger partial charge in [-0.15, -0.1) is 0 Å². The van der Waals surface area contributed by atoms with Crippen molar-refractivity contribution < 1.29 is 10.2 Å². The number of hydrogen-bond acceptors (Lipinski definition) is 2. The number of phenols is 2. The average molecular weight is 465 g/mol. The van der Waals surface area contributed by atoms with Crippen LogP contribution < -0.4 is 15.8 Å². The molecule has 3 rings (SSSR count). The Labute approximate surface area is 197 Å². The SMILES string of the molecule is Cc1cccc([SiH2]P(c2cc(C(C)(C)C)ccc2O)c2cc(C(C)(C)C)ccc2O)c1C. The maximum atomic E-state index is 11.0. The van der Waals surface area contributed by atoms with E-state index in [-0.39, 0.29) is 10.8 Å². The molecule has 0 aliphatic heterocycles. The summed E-state index contributed by atoms with van der Waals surface area (Å²) in [7, 11) is -1.75. The summed E-state index contributed by atoms with van der Waals surface area (Å²) in [6, 6.07) is 18.6. The molecule has 0 aromatic heterocycles. The Kier molecular flexibility index (Phi) is 6.93. The van der Waals surface area contributed by atoms with Gasteiger partial charge in [0.05, 0.1) is 9.19 Å². The van der Waals surface area contributed by atoms with Gasteiger partial charge in [0.15, 0.2) is 0 Å². The molecular formula is C28H37O2PSi. The van der Waals surface area contributed by atoms with Gasteiger partial charge in [-0.2, -0.15) is 0 Å². The van der Waals surface area contributed by atoms with Crippen LogP contribution >= 0.6 is 7.47 Å². The van der Waals surface area contributed by atoms with Gasteiger partial charge in [-0.1, -0.05) is 84.5 Å². The van der Waals surface area contributed by atoms with Crippen LogP contribution in [-0.2, 0) is 10.8 Å². The second-order valence-corrected chi connectivity index (χ2v) is 16.6. The van der Waals surface area contributed by atoms with E-state index in [1.54, 1.807) is 0 Å². The average Bonchev–Trinajstić information content (AvgIpc) is 2.68. The van der Waals surface area contributed by atoms with Gasteiger partial charge >= 0.3 is 0 Å². The van der Waals surface area contributed by atoms with Gasteiger partial charge in [-0.3, -0.25) is 0 Å². The van der Waals surface area contributed by atoms with Crippen molar-refractivity contribution in [3.63, 3.8) is 0 Å². The largest absolute Gasteiger partial charge is 0.507 e. The van der Waals surface area contributed by atoms with Gasteiger partial charge in [0.25, 0.3) is 0 Å². The van der Waals surface area contributed by atoms with Gasteiger partial charge in [0.2, 0.25) is 0 Å². The van der Waals surface area contributed by atoms with Gasteiger partial charge in [-0.05, 0) is 71.2 Å².